The Morgan fingerprint density at radius 2 is 1.79 bits per heavy atom. The minimum absolute atomic E-state index is 0.0184. The number of ether oxygens (including phenoxy) is 1. The number of carbonyl (C=O) groups excluding carboxylic acids is 2. The summed E-state index contributed by atoms with van der Waals surface area (Å²) in [6, 6.07) is 5.66. The van der Waals surface area contributed by atoms with Crippen molar-refractivity contribution in [2.45, 2.75) is 66.0 Å². The third kappa shape index (κ3) is 3.97. The second-order valence-corrected chi connectivity index (χ2v) is 7.04. The fourth-order valence-electron chi connectivity index (χ4n) is 3.83. The summed E-state index contributed by atoms with van der Waals surface area (Å²) < 4.78 is 5.22. The lowest BCUT2D eigenvalue weighted by Crippen LogP contribution is -2.55. The Labute approximate surface area is 145 Å². The standard InChI is InChI=1S/C20H29NO3/c1-6-24-20(23)18-11-13(2)10-16(5)21(18)19(22)12-17-14(3)8-7-9-15(17)4/h7-9,13,16,18H,6,10-12H2,1-5H3. The number of likely N-dealkylation sites (tertiary alicyclic amines) is 1. The molecule has 0 N–H and O–H groups in total. The highest BCUT2D eigenvalue weighted by Gasteiger charge is 2.39. The van der Waals surface area contributed by atoms with E-state index in [2.05, 4.69) is 6.92 Å². The Morgan fingerprint density at radius 3 is 2.38 bits per heavy atom. The highest BCUT2D eigenvalue weighted by molar-refractivity contribution is 5.86. The molecule has 1 saturated heterocycles. The van der Waals surface area contributed by atoms with Crippen molar-refractivity contribution in [2.75, 3.05) is 6.61 Å². The first-order valence-corrected chi connectivity index (χ1v) is 8.88. The van der Waals surface area contributed by atoms with Gasteiger partial charge in [-0.25, -0.2) is 4.79 Å². The zero-order valence-corrected chi connectivity index (χ0v) is 15.5. The molecule has 4 heteroatoms. The maximum atomic E-state index is 13.0. The molecule has 4 nitrogen and oxygen atoms in total. The Hall–Kier alpha value is -1.84. The molecule has 1 aliphatic rings. The molecule has 0 radical (unpaired) electrons. The molecule has 1 fully saturated rings. The van der Waals surface area contributed by atoms with Crippen LogP contribution in [0.2, 0.25) is 0 Å². The average molecular weight is 331 g/mol. The lowest BCUT2D eigenvalue weighted by molar-refractivity contribution is -0.160. The van der Waals surface area contributed by atoms with E-state index in [4.69, 9.17) is 4.74 Å². The largest absolute Gasteiger partial charge is 0.464 e. The summed E-state index contributed by atoms with van der Waals surface area (Å²) in [5, 5.41) is 0. The van der Waals surface area contributed by atoms with Crippen molar-refractivity contribution in [1.82, 2.24) is 4.90 Å². The van der Waals surface area contributed by atoms with Gasteiger partial charge in [0, 0.05) is 6.04 Å². The second kappa shape index (κ2) is 7.82. The number of carbonyl (C=O) groups is 2. The van der Waals surface area contributed by atoms with Crippen LogP contribution in [-0.4, -0.2) is 35.5 Å². The number of amides is 1. The smallest absolute Gasteiger partial charge is 0.328 e. The van der Waals surface area contributed by atoms with E-state index < -0.39 is 6.04 Å². The summed E-state index contributed by atoms with van der Waals surface area (Å²) in [5.74, 6) is 0.161. The van der Waals surface area contributed by atoms with Crippen LogP contribution in [0.1, 0.15) is 50.3 Å². The molecular weight excluding hydrogens is 302 g/mol. The van der Waals surface area contributed by atoms with E-state index in [0.717, 1.165) is 23.1 Å². The average Bonchev–Trinajstić information content (AvgIpc) is 2.50. The zero-order valence-electron chi connectivity index (χ0n) is 15.5. The number of piperidine rings is 1. The first-order valence-electron chi connectivity index (χ1n) is 8.88. The molecule has 3 unspecified atom stereocenters. The second-order valence-electron chi connectivity index (χ2n) is 7.04. The molecule has 0 bridgehead atoms. The minimum atomic E-state index is -0.458. The summed E-state index contributed by atoms with van der Waals surface area (Å²) in [6.07, 6.45) is 1.95. The van der Waals surface area contributed by atoms with Crippen molar-refractivity contribution in [3.05, 3.63) is 34.9 Å². The lowest BCUT2D eigenvalue weighted by Gasteiger charge is -2.42. The van der Waals surface area contributed by atoms with Crippen LogP contribution in [0.3, 0.4) is 0 Å². The minimum Gasteiger partial charge on any atom is -0.464 e. The number of nitrogens with zero attached hydrogens (tertiary/aromatic N) is 1. The van der Waals surface area contributed by atoms with Crippen LogP contribution in [0.5, 0.6) is 0 Å². The maximum Gasteiger partial charge on any atom is 0.328 e. The van der Waals surface area contributed by atoms with Gasteiger partial charge in [0.15, 0.2) is 0 Å². The van der Waals surface area contributed by atoms with E-state index in [1.54, 1.807) is 11.8 Å². The molecule has 1 amide bonds. The molecule has 0 aliphatic carbocycles. The summed E-state index contributed by atoms with van der Waals surface area (Å²) in [7, 11) is 0. The third-order valence-corrected chi connectivity index (χ3v) is 5.00. The summed E-state index contributed by atoms with van der Waals surface area (Å²) in [4.78, 5) is 27.2. The van der Waals surface area contributed by atoms with Gasteiger partial charge in [0.1, 0.15) is 6.04 Å². The van der Waals surface area contributed by atoms with Crippen molar-refractivity contribution in [3.63, 3.8) is 0 Å². The van der Waals surface area contributed by atoms with Gasteiger partial charge in [0.2, 0.25) is 5.91 Å². The molecule has 24 heavy (non-hydrogen) atoms. The normalized spacial score (nSPS) is 23.9. The predicted molar refractivity (Wildman–Crippen MR) is 94.7 cm³/mol. The number of rotatable bonds is 4. The molecule has 1 heterocycles. The number of hydrogen-bond acceptors (Lipinski definition) is 3. The quantitative estimate of drug-likeness (QED) is 0.794. The molecule has 1 aromatic carbocycles. The molecule has 1 aliphatic heterocycles. The molecule has 1 aromatic rings. The monoisotopic (exact) mass is 331 g/mol. The molecule has 0 aromatic heterocycles. The molecule has 132 valence electrons. The van der Waals surface area contributed by atoms with Gasteiger partial charge in [0.25, 0.3) is 0 Å². The van der Waals surface area contributed by atoms with Gasteiger partial charge in [-0.3, -0.25) is 4.79 Å². The number of esters is 1. The van der Waals surface area contributed by atoms with Crippen LogP contribution < -0.4 is 0 Å². The SMILES string of the molecule is CCOC(=O)C1CC(C)CC(C)N1C(=O)Cc1c(C)cccc1C. The maximum absolute atomic E-state index is 13.0. The van der Waals surface area contributed by atoms with Gasteiger partial charge in [-0.1, -0.05) is 25.1 Å². The summed E-state index contributed by atoms with van der Waals surface area (Å²) in [6.45, 7) is 10.4. The lowest BCUT2D eigenvalue weighted by atomic mass is 9.87. The number of aryl methyl sites for hydroxylation is 2. The van der Waals surface area contributed by atoms with Gasteiger partial charge in [-0.15, -0.1) is 0 Å². The Morgan fingerprint density at radius 1 is 1.17 bits per heavy atom. The molecular formula is C20H29NO3. The fourth-order valence-corrected chi connectivity index (χ4v) is 3.83. The van der Waals surface area contributed by atoms with Crippen LogP contribution in [0, 0.1) is 19.8 Å². The predicted octanol–water partition coefficient (Wildman–Crippen LogP) is 3.42. The van der Waals surface area contributed by atoms with Crippen molar-refractivity contribution in [2.24, 2.45) is 5.92 Å². The Bertz CT molecular complexity index is 591. The highest BCUT2D eigenvalue weighted by atomic mass is 16.5. The highest BCUT2D eigenvalue weighted by Crippen LogP contribution is 2.29. The fraction of sp³-hybridized carbons (Fsp3) is 0.600. The molecule has 0 saturated carbocycles. The van der Waals surface area contributed by atoms with Crippen LogP contribution >= 0.6 is 0 Å². The Balaban J connectivity index is 2.24. The van der Waals surface area contributed by atoms with E-state index in [1.165, 1.54) is 0 Å². The van der Waals surface area contributed by atoms with Gasteiger partial charge in [-0.05, 0) is 63.1 Å². The first-order chi connectivity index (χ1) is 11.3. The van der Waals surface area contributed by atoms with Gasteiger partial charge in [0.05, 0.1) is 13.0 Å². The van der Waals surface area contributed by atoms with E-state index in [1.807, 2.05) is 39.0 Å². The van der Waals surface area contributed by atoms with E-state index in [9.17, 15) is 9.59 Å². The van der Waals surface area contributed by atoms with Crippen LogP contribution in [0.25, 0.3) is 0 Å². The molecule has 3 atom stereocenters. The van der Waals surface area contributed by atoms with Gasteiger partial charge in [-0.2, -0.15) is 0 Å². The van der Waals surface area contributed by atoms with Gasteiger partial charge < -0.3 is 9.64 Å². The molecule has 0 spiro atoms. The van der Waals surface area contributed by atoms with E-state index in [-0.39, 0.29) is 17.9 Å². The van der Waals surface area contributed by atoms with Gasteiger partial charge >= 0.3 is 5.97 Å². The van der Waals surface area contributed by atoms with E-state index in [0.29, 0.717) is 25.4 Å². The third-order valence-electron chi connectivity index (χ3n) is 5.00. The number of hydrogen-bond donors (Lipinski definition) is 0. The zero-order chi connectivity index (χ0) is 17.9. The van der Waals surface area contributed by atoms with Crippen LogP contribution in [0.15, 0.2) is 18.2 Å². The topological polar surface area (TPSA) is 46.6 Å². The van der Waals surface area contributed by atoms with Crippen LogP contribution in [0.4, 0.5) is 0 Å². The van der Waals surface area contributed by atoms with Crippen molar-refractivity contribution < 1.29 is 14.3 Å². The van der Waals surface area contributed by atoms with Crippen molar-refractivity contribution in [3.8, 4) is 0 Å². The van der Waals surface area contributed by atoms with E-state index >= 15 is 0 Å². The van der Waals surface area contributed by atoms with Crippen LogP contribution in [-0.2, 0) is 20.7 Å². The first kappa shape index (κ1) is 18.5. The summed E-state index contributed by atoms with van der Waals surface area (Å²) in [5.41, 5.74) is 3.30. The van der Waals surface area contributed by atoms with Crippen molar-refractivity contribution in [1.29, 1.82) is 0 Å². The molecule has 2 rings (SSSR count). The summed E-state index contributed by atoms with van der Waals surface area (Å²) >= 11 is 0. The van der Waals surface area contributed by atoms with Crippen molar-refractivity contribution >= 4 is 11.9 Å². The Kier molecular flexibility index (Phi) is 6.03. The number of benzene rings is 1.